The van der Waals surface area contributed by atoms with Crippen LogP contribution in [-0.2, 0) is 24.1 Å². The zero-order valence-corrected chi connectivity index (χ0v) is 42.6. The van der Waals surface area contributed by atoms with E-state index in [-0.39, 0.29) is 35.8 Å². The van der Waals surface area contributed by atoms with E-state index in [1.807, 2.05) is 61.0 Å². The molecule has 0 saturated heterocycles. The van der Waals surface area contributed by atoms with Gasteiger partial charge in [0.05, 0.1) is 22.7 Å². The third-order valence-corrected chi connectivity index (χ3v) is 13.2. The van der Waals surface area contributed by atoms with E-state index in [1.54, 1.807) is 42.5 Å². The highest BCUT2D eigenvalue weighted by atomic mass is 32.2. The largest absolute Gasteiger partial charge is 0.437 e. The molecule has 8 rings (SSSR count). The highest BCUT2D eigenvalue weighted by Crippen LogP contribution is 2.36. The second-order valence-electron chi connectivity index (χ2n) is 17.1. The van der Waals surface area contributed by atoms with Gasteiger partial charge in [-0.05, 0) is 120 Å². The first kappa shape index (κ1) is 56.8. The van der Waals surface area contributed by atoms with Crippen molar-refractivity contribution < 1.29 is 54.8 Å². The first-order valence-corrected chi connectivity index (χ1v) is 25.7. The molecule has 1 atom stereocenters. The summed E-state index contributed by atoms with van der Waals surface area (Å²) in [7, 11) is -1.58. The van der Waals surface area contributed by atoms with Gasteiger partial charge in [-0.25, -0.2) is 13.5 Å². The predicted octanol–water partition coefficient (Wildman–Crippen LogP) is 11.4. The molecule has 76 heavy (non-hydrogen) atoms. The van der Waals surface area contributed by atoms with Gasteiger partial charge in [-0.3, -0.25) is 14.6 Å². The lowest BCUT2D eigenvalue weighted by atomic mass is 9.88. The fourth-order valence-corrected chi connectivity index (χ4v) is 9.12. The van der Waals surface area contributed by atoms with Crippen LogP contribution in [0, 0.1) is 11.6 Å². The van der Waals surface area contributed by atoms with Crippen molar-refractivity contribution in [3.8, 4) is 27.9 Å². The van der Waals surface area contributed by atoms with Crippen molar-refractivity contribution in [2.45, 2.75) is 61.3 Å². The van der Waals surface area contributed by atoms with Crippen LogP contribution in [0.5, 0.6) is 0 Å². The predicted molar refractivity (Wildman–Crippen MR) is 285 cm³/mol. The minimum atomic E-state index is -4.80. The molecule has 6 aromatic carbocycles. The molecular weight excluding hydrogens is 1040 g/mol. The molecule has 1 aliphatic heterocycles. The number of amides is 2. The van der Waals surface area contributed by atoms with E-state index in [0.717, 1.165) is 30.6 Å². The van der Waals surface area contributed by atoms with Crippen LogP contribution in [0.25, 0.3) is 27.9 Å². The van der Waals surface area contributed by atoms with E-state index >= 15 is 8.78 Å². The second kappa shape index (κ2) is 24.8. The number of rotatable bonds is 16. The Balaban J connectivity index is 0.000000221. The Kier molecular flexibility index (Phi) is 18.5. The molecule has 1 aliphatic rings. The summed E-state index contributed by atoms with van der Waals surface area (Å²) in [5.41, 5.74) is 1.50. The van der Waals surface area contributed by atoms with Crippen LogP contribution in [0.15, 0.2) is 154 Å². The zero-order valence-electron chi connectivity index (χ0n) is 41.0. The number of benzene rings is 6. The maximum atomic E-state index is 15.0. The lowest BCUT2D eigenvalue weighted by Crippen LogP contribution is -2.39. The van der Waals surface area contributed by atoms with Gasteiger partial charge in [0.25, 0.3) is 5.91 Å². The number of carbonyl (C=O) groups excluding carboxylic acids is 2. The van der Waals surface area contributed by atoms with Crippen LogP contribution >= 0.6 is 23.5 Å². The third kappa shape index (κ3) is 14.3. The van der Waals surface area contributed by atoms with E-state index < -0.39 is 79.5 Å². The average Bonchev–Trinajstić information content (AvgIpc) is 4.08. The number of nitrogens with zero attached hydrogens (tertiary/aromatic N) is 4. The molecular formula is C52H48B2F8N8O4S2. The Morgan fingerprint density at radius 1 is 0.645 bits per heavy atom. The minimum Gasteiger partial charge on any atom is -0.437 e. The summed E-state index contributed by atoms with van der Waals surface area (Å²) in [5, 5.41) is 37.6. The van der Waals surface area contributed by atoms with Gasteiger partial charge >= 0.3 is 26.5 Å². The highest BCUT2D eigenvalue weighted by molar-refractivity contribution is 7.99. The monoisotopic (exact) mass is 1090 g/mol. The van der Waals surface area contributed by atoms with Gasteiger partial charge in [0.1, 0.15) is 29.1 Å². The molecule has 12 nitrogen and oxygen atoms in total. The van der Waals surface area contributed by atoms with Gasteiger partial charge in [0, 0.05) is 35.4 Å². The Morgan fingerprint density at radius 3 is 1.63 bits per heavy atom. The summed E-state index contributed by atoms with van der Waals surface area (Å²) in [6, 6.07) is 35.6. The summed E-state index contributed by atoms with van der Waals surface area (Å²) in [6.07, 6.45) is -6.40. The Bertz CT molecular complexity index is 3240. The SMILES string of the molecule is CSc1ccccc1-c1ccc(NC(=O)C2CC(C(F)(F)F)=NN2c2cccc(CNB(C)O)c2)c(F)c1.CSc1ccccc1-c1ccc(NC(=O)c2cc(C(F)(F)F)nn2-c2cccc(CNB(C)O)c2)c(F)c1. The topological polar surface area (TPSA) is 156 Å². The molecule has 0 spiro atoms. The standard InChI is InChI=1S/C26H25BF4N4O2S.C26H23BF4N4O2S/c2*1-27(37)32-15-16-6-5-7-18(12-16)35-22(14-24(34-35)26(29,30)31)25(36)33-21-11-10-17(13-20(21)28)19-8-3-4-9-23(19)38-2/h3-13,22,32,37H,14-15H2,1-2H3,(H,33,36);3-14,32,37H,15H2,1-2H3,(H,33,36). The van der Waals surface area contributed by atoms with Gasteiger partial charge in [-0.1, -0.05) is 72.8 Å². The van der Waals surface area contributed by atoms with E-state index in [1.165, 1.54) is 79.6 Å². The average molecular weight is 1090 g/mol. The fraction of sp³-hybridized carbons (Fsp3) is 0.192. The first-order valence-electron chi connectivity index (χ1n) is 23.2. The van der Waals surface area contributed by atoms with Gasteiger partial charge in [0.15, 0.2) is 5.69 Å². The maximum absolute atomic E-state index is 15.0. The van der Waals surface area contributed by atoms with Crippen LogP contribution in [0.3, 0.4) is 0 Å². The van der Waals surface area contributed by atoms with Crippen LogP contribution < -0.4 is 26.1 Å². The van der Waals surface area contributed by atoms with Crippen molar-refractivity contribution in [1.29, 1.82) is 0 Å². The molecule has 0 fully saturated rings. The molecule has 6 N–H and O–H groups in total. The molecule has 394 valence electrons. The number of hydrazone groups is 1. The number of thioether (sulfide) groups is 2. The summed E-state index contributed by atoms with van der Waals surface area (Å²) in [4.78, 5) is 28.2. The number of hydrogen-bond donors (Lipinski definition) is 6. The molecule has 0 radical (unpaired) electrons. The molecule has 2 amide bonds. The fourth-order valence-electron chi connectivity index (χ4n) is 7.88. The number of hydrogen-bond acceptors (Lipinski definition) is 11. The van der Waals surface area contributed by atoms with Gasteiger partial charge in [-0.15, -0.1) is 23.5 Å². The van der Waals surface area contributed by atoms with Gasteiger partial charge in [-0.2, -0.15) is 36.5 Å². The van der Waals surface area contributed by atoms with Crippen LogP contribution in [-0.4, -0.2) is 76.2 Å². The number of carbonyl (C=O) groups is 2. The van der Waals surface area contributed by atoms with Crippen molar-refractivity contribution >= 4 is 72.2 Å². The van der Waals surface area contributed by atoms with Crippen molar-refractivity contribution in [3.63, 3.8) is 0 Å². The van der Waals surface area contributed by atoms with E-state index in [9.17, 15) is 46.0 Å². The molecule has 0 aliphatic carbocycles. The molecule has 1 aromatic heterocycles. The Hall–Kier alpha value is -6.95. The van der Waals surface area contributed by atoms with Crippen molar-refractivity contribution in [1.82, 2.24) is 20.2 Å². The highest BCUT2D eigenvalue weighted by Gasteiger charge is 2.46. The Morgan fingerprint density at radius 2 is 1.14 bits per heavy atom. The van der Waals surface area contributed by atoms with Crippen molar-refractivity contribution in [3.05, 3.63) is 174 Å². The van der Waals surface area contributed by atoms with Gasteiger partial charge in [0.2, 0.25) is 5.91 Å². The van der Waals surface area contributed by atoms with E-state index in [4.69, 9.17) is 0 Å². The van der Waals surface area contributed by atoms with Crippen LogP contribution in [0.1, 0.15) is 33.7 Å². The summed E-state index contributed by atoms with van der Waals surface area (Å²) in [5.74, 6) is -3.23. The first-order chi connectivity index (χ1) is 36.1. The summed E-state index contributed by atoms with van der Waals surface area (Å²) < 4.78 is 112. The van der Waals surface area contributed by atoms with Crippen molar-refractivity contribution in [2.75, 3.05) is 28.2 Å². The molecule has 0 saturated carbocycles. The number of anilines is 3. The lowest BCUT2D eigenvalue weighted by molar-refractivity contribution is -0.141. The zero-order chi connectivity index (χ0) is 54.9. The van der Waals surface area contributed by atoms with Crippen LogP contribution in [0.4, 0.5) is 52.2 Å². The van der Waals surface area contributed by atoms with Crippen molar-refractivity contribution in [2.24, 2.45) is 5.10 Å². The molecule has 2 heterocycles. The smallest absolute Gasteiger partial charge is 0.435 e. The molecule has 1 unspecified atom stereocenters. The van der Waals surface area contributed by atoms with Gasteiger partial charge < -0.3 is 31.1 Å². The van der Waals surface area contributed by atoms with Crippen LogP contribution in [0.2, 0.25) is 13.6 Å². The lowest BCUT2D eigenvalue weighted by Gasteiger charge is -2.23. The van der Waals surface area contributed by atoms with E-state index in [0.29, 0.717) is 28.3 Å². The number of nitrogens with one attached hydrogen (secondary N) is 4. The summed E-state index contributed by atoms with van der Waals surface area (Å²) >= 11 is 3.02. The normalized spacial score (nSPS) is 13.4. The molecule has 7 aromatic rings. The second-order valence-corrected chi connectivity index (χ2v) is 18.8. The molecule has 0 bridgehead atoms. The number of aromatic nitrogens is 2. The summed E-state index contributed by atoms with van der Waals surface area (Å²) in [6.45, 7) is 3.56. The number of alkyl halides is 6. The maximum Gasteiger partial charge on any atom is 0.435 e. The van der Waals surface area contributed by atoms with E-state index in [2.05, 4.69) is 31.3 Å². The Labute approximate surface area is 441 Å². The molecule has 24 heteroatoms. The quantitative estimate of drug-likeness (QED) is 0.0313. The number of halogens is 8. The third-order valence-electron chi connectivity index (χ3n) is 11.6. The minimum absolute atomic E-state index is 0.143.